The average molecular weight is 476 g/mol. The quantitative estimate of drug-likeness (QED) is 0.344. The van der Waals surface area contributed by atoms with Crippen molar-refractivity contribution in [3.05, 3.63) is 84.6 Å². The van der Waals surface area contributed by atoms with E-state index in [1.807, 2.05) is 6.07 Å². The highest BCUT2D eigenvalue weighted by Gasteiger charge is 2.15. The normalized spacial score (nSPS) is 12.2. The van der Waals surface area contributed by atoms with E-state index in [2.05, 4.69) is 96.1 Å². The van der Waals surface area contributed by atoms with Crippen LogP contribution in [-0.2, 0) is 23.2 Å². The Hall–Kier alpha value is -2.93. The molecule has 0 saturated heterocycles. The molecular formula is C28H33N3O2S. The van der Waals surface area contributed by atoms with Crippen molar-refractivity contribution < 1.29 is 8.42 Å². The maximum Gasteiger partial charge on any atom is 0.278 e. The van der Waals surface area contributed by atoms with E-state index in [4.69, 9.17) is 0 Å². The van der Waals surface area contributed by atoms with Crippen molar-refractivity contribution in [2.24, 2.45) is 5.92 Å². The van der Waals surface area contributed by atoms with Crippen LogP contribution in [0, 0.1) is 5.92 Å². The van der Waals surface area contributed by atoms with Gasteiger partial charge in [-0.2, -0.15) is 12.7 Å². The van der Waals surface area contributed by atoms with Crippen LogP contribution in [0.15, 0.2) is 79.0 Å². The summed E-state index contributed by atoms with van der Waals surface area (Å²) in [6.07, 6.45) is 2.82. The number of nitrogens with zero attached hydrogens (tertiary/aromatic N) is 2. The summed E-state index contributed by atoms with van der Waals surface area (Å²) in [5.41, 5.74) is 7.12. The maximum atomic E-state index is 12.1. The molecule has 0 aliphatic rings. The second kappa shape index (κ2) is 10.1. The summed E-state index contributed by atoms with van der Waals surface area (Å²) in [7, 11) is -0.364. The van der Waals surface area contributed by atoms with Crippen molar-refractivity contribution in [3.8, 4) is 22.3 Å². The second-order valence-corrected chi connectivity index (χ2v) is 11.2. The third-order valence-electron chi connectivity index (χ3n) is 6.01. The van der Waals surface area contributed by atoms with Crippen LogP contribution >= 0.6 is 0 Å². The molecule has 1 N–H and O–H groups in total. The summed E-state index contributed by atoms with van der Waals surface area (Å²) in [5, 5.41) is 1.17. The minimum absolute atomic E-state index is 0.361. The summed E-state index contributed by atoms with van der Waals surface area (Å²) >= 11 is 0. The predicted molar refractivity (Wildman–Crippen MR) is 142 cm³/mol. The molecular weight excluding hydrogens is 442 g/mol. The van der Waals surface area contributed by atoms with E-state index in [1.54, 1.807) is 0 Å². The predicted octanol–water partition coefficient (Wildman–Crippen LogP) is 5.57. The van der Waals surface area contributed by atoms with Gasteiger partial charge in [0.15, 0.2) is 0 Å². The minimum Gasteiger partial charge on any atom is -0.347 e. The van der Waals surface area contributed by atoms with Crippen LogP contribution in [0.25, 0.3) is 33.2 Å². The molecule has 0 aliphatic carbocycles. The summed E-state index contributed by atoms with van der Waals surface area (Å²) < 4.78 is 30.4. The number of aromatic nitrogens is 1. The minimum atomic E-state index is -3.43. The van der Waals surface area contributed by atoms with Crippen molar-refractivity contribution >= 4 is 21.1 Å². The fourth-order valence-electron chi connectivity index (χ4n) is 4.33. The highest BCUT2D eigenvalue weighted by Crippen LogP contribution is 2.34. The molecule has 0 atom stereocenters. The summed E-state index contributed by atoms with van der Waals surface area (Å²) in [6.45, 7) is 5.69. The second-order valence-electron chi connectivity index (χ2n) is 9.28. The highest BCUT2D eigenvalue weighted by atomic mass is 32.2. The zero-order valence-electron chi connectivity index (χ0n) is 20.3. The molecule has 4 aromatic rings. The molecule has 4 rings (SSSR count). The van der Waals surface area contributed by atoms with Gasteiger partial charge in [0.2, 0.25) is 0 Å². The Balaban J connectivity index is 1.73. The number of hydrogen-bond acceptors (Lipinski definition) is 2. The summed E-state index contributed by atoms with van der Waals surface area (Å²) in [5.74, 6) is 0.496. The molecule has 6 heteroatoms. The molecule has 0 amide bonds. The Bertz CT molecular complexity index is 1370. The highest BCUT2D eigenvalue weighted by molar-refractivity contribution is 7.87. The van der Waals surface area contributed by atoms with Crippen molar-refractivity contribution in [1.29, 1.82) is 0 Å². The van der Waals surface area contributed by atoms with Crippen molar-refractivity contribution in [2.45, 2.75) is 26.8 Å². The Morgan fingerprint density at radius 3 is 2.18 bits per heavy atom. The van der Waals surface area contributed by atoms with Gasteiger partial charge in [0.1, 0.15) is 0 Å². The third-order valence-corrected chi connectivity index (χ3v) is 7.54. The molecule has 3 aromatic carbocycles. The first kappa shape index (κ1) is 24.2. The summed E-state index contributed by atoms with van der Waals surface area (Å²) in [4.78, 5) is 0. The van der Waals surface area contributed by atoms with E-state index < -0.39 is 10.2 Å². The van der Waals surface area contributed by atoms with Gasteiger partial charge in [0.25, 0.3) is 10.2 Å². The largest absolute Gasteiger partial charge is 0.347 e. The third kappa shape index (κ3) is 5.25. The lowest BCUT2D eigenvalue weighted by Gasteiger charge is -2.12. The van der Waals surface area contributed by atoms with Crippen molar-refractivity contribution in [3.63, 3.8) is 0 Å². The molecule has 1 aromatic heterocycles. The molecule has 1 heterocycles. The van der Waals surface area contributed by atoms with Gasteiger partial charge in [-0.05, 0) is 46.2 Å². The lowest BCUT2D eigenvalue weighted by atomic mass is 9.94. The van der Waals surface area contributed by atoms with E-state index in [0.717, 1.165) is 12.1 Å². The van der Waals surface area contributed by atoms with E-state index >= 15 is 0 Å². The molecule has 0 aliphatic heterocycles. The number of nitrogens with one attached hydrogen (secondary N) is 1. The van der Waals surface area contributed by atoms with Gasteiger partial charge in [-0.15, -0.1) is 0 Å². The standard InChI is InChI=1S/C28H33N3O2S/c1-21(2)19-31-20-24(16-17-29-34(32,33)30(3)4)27-15-14-23(18-28(27)31)26-13-9-8-12-25(26)22-10-6-5-7-11-22/h5-15,18,20-21,29H,16-17,19H2,1-4H3. The Kier molecular flexibility index (Phi) is 7.22. The van der Waals surface area contributed by atoms with E-state index in [0.29, 0.717) is 18.9 Å². The van der Waals surface area contributed by atoms with E-state index in [9.17, 15) is 8.42 Å². The Labute approximate surface area is 203 Å². The molecule has 0 fully saturated rings. The molecule has 0 saturated carbocycles. The van der Waals surface area contributed by atoms with E-state index in [1.165, 1.54) is 51.6 Å². The molecule has 0 radical (unpaired) electrons. The van der Waals surface area contributed by atoms with Gasteiger partial charge in [-0.1, -0.05) is 80.6 Å². The average Bonchev–Trinajstić information content (AvgIpc) is 3.15. The van der Waals surface area contributed by atoms with Crippen LogP contribution in [-0.4, -0.2) is 37.9 Å². The Morgan fingerprint density at radius 1 is 0.882 bits per heavy atom. The molecule has 0 spiro atoms. The number of hydrogen-bond donors (Lipinski definition) is 1. The fourth-order valence-corrected chi connectivity index (χ4v) is 4.95. The topological polar surface area (TPSA) is 54.3 Å². The SMILES string of the molecule is CC(C)Cn1cc(CCNS(=O)(=O)N(C)C)c2ccc(-c3ccccc3-c3ccccc3)cc21. The van der Waals surface area contributed by atoms with Crippen LogP contribution in [0.5, 0.6) is 0 Å². The van der Waals surface area contributed by atoms with Gasteiger partial charge in [0.05, 0.1) is 0 Å². The van der Waals surface area contributed by atoms with Crippen LogP contribution in [0.1, 0.15) is 19.4 Å². The first-order chi connectivity index (χ1) is 16.3. The zero-order valence-corrected chi connectivity index (χ0v) is 21.1. The number of benzene rings is 3. The lowest BCUT2D eigenvalue weighted by Crippen LogP contribution is -2.36. The fraction of sp³-hybridized carbons (Fsp3) is 0.286. The summed E-state index contributed by atoms with van der Waals surface area (Å²) in [6, 6.07) is 25.6. The van der Waals surface area contributed by atoms with E-state index in [-0.39, 0.29) is 0 Å². The molecule has 0 bridgehead atoms. The maximum absolute atomic E-state index is 12.1. The molecule has 0 unspecified atom stereocenters. The smallest absolute Gasteiger partial charge is 0.278 e. The van der Waals surface area contributed by atoms with Gasteiger partial charge in [-0.25, -0.2) is 4.72 Å². The monoisotopic (exact) mass is 475 g/mol. The van der Waals surface area contributed by atoms with Crippen LogP contribution in [0.4, 0.5) is 0 Å². The van der Waals surface area contributed by atoms with Crippen molar-refractivity contribution in [2.75, 3.05) is 20.6 Å². The van der Waals surface area contributed by atoms with Gasteiger partial charge >= 0.3 is 0 Å². The Morgan fingerprint density at radius 2 is 1.53 bits per heavy atom. The van der Waals surface area contributed by atoms with Crippen LogP contribution < -0.4 is 4.72 Å². The molecule has 178 valence electrons. The molecule has 5 nitrogen and oxygen atoms in total. The molecule has 34 heavy (non-hydrogen) atoms. The zero-order chi connectivity index (χ0) is 24.3. The first-order valence-corrected chi connectivity index (χ1v) is 13.1. The van der Waals surface area contributed by atoms with Crippen molar-refractivity contribution in [1.82, 2.24) is 13.6 Å². The first-order valence-electron chi connectivity index (χ1n) is 11.7. The number of rotatable bonds is 9. The lowest BCUT2D eigenvalue weighted by molar-refractivity contribution is 0.506. The van der Waals surface area contributed by atoms with Crippen LogP contribution in [0.3, 0.4) is 0 Å². The van der Waals surface area contributed by atoms with Gasteiger partial charge in [0, 0.05) is 44.3 Å². The number of fused-ring (bicyclic) bond motifs is 1. The van der Waals surface area contributed by atoms with Gasteiger partial charge < -0.3 is 4.57 Å². The van der Waals surface area contributed by atoms with Crippen LogP contribution in [0.2, 0.25) is 0 Å². The van der Waals surface area contributed by atoms with Gasteiger partial charge in [-0.3, -0.25) is 0 Å².